The highest BCUT2D eigenvalue weighted by molar-refractivity contribution is 7.92. The number of halogens is 1. The lowest BCUT2D eigenvalue weighted by molar-refractivity contribution is 0.102. The van der Waals surface area contributed by atoms with E-state index in [9.17, 15) is 17.6 Å². The van der Waals surface area contributed by atoms with Gasteiger partial charge < -0.3 is 5.32 Å². The third-order valence-electron chi connectivity index (χ3n) is 3.27. The summed E-state index contributed by atoms with van der Waals surface area (Å²) < 4.78 is 40.7. The zero-order valence-electron chi connectivity index (χ0n) is 12.7. The average Bonchev–Trinajstić information content (AvgIpc) is 3.10. The molecular weight excluding hydrogens is 347 g/mol. The van der Waals surface area contributed by atoms with Gasteiger partial charge in [0, 0.05) is 11.6 Å². The van der Waals surface area contributed by atoms with Crippen LogP contribution in [0.3, 0.4) is 0 Å². The van der Waals surface area contributed by atoms with E-state index in [1.165, 1.54) is 48.7 Å². The largest absolute Gasteiger partial charge is 0.307 e. The summed E-state index contributed by atoms with van der Waals surface area (Å²) in [7, 11) is -4.04. The molecule has 0 radical (unpaired) electrons. The monoisotopic (exact) mass is 360 g/mol. The van der Waals surface area contributed by atoms with Crippen molar-refractivity contribution in [2.75, 3.05) is 10.0 Å². The van der Waals surface area contributed by atoms with Gasteiger partial charge in [-0.25, -0.2) is 12.8 Å². The number of amides is 1. The second-order valence-electron chi connectivity index (χ2n) is 5.04. The average molecular weight is 360 g/mol. The Balaban J connectivity index is 1.85. The van der Waals surface area contributed by atoms with Gasteiger partial charge in [0.25, 0.3) is 15.9 Å². The highest BCUT2D eigenvalue weighted by Gasteiger charge is 2.18. The molecule has 1 heterocycles. The molecule has 0 atom stereocenters. The number of para-hydroxylation sites is 1. The summed E-state index contributed by atoms with van der Waals surface area (Å²) in [5.74, 6) is -0.825. The number of carbonyl (C=O) groups is 1. The molecule has 3 N–H and O–H groups in total. The highest BCUT2D eigenvalue weighted by Crippen LogP contribution is 2.20. The van der Waals surface area contributed by atoms with Gasteiger partial charge in [0.05, 0.1) is 16.8 Å². The molecule has 3 rings (SSSR count). The number of sulfonamides is 1. The van der Waals surface area contributed by atoms with Crippen LogP contribution in [0.1, 0.15) is 10.4 Å². The van der Waals surface area contributed by atoms with Crippen molar-refractivity contribution in [3.8, 4) is 0 Å². The minimum Gasteiger partial charge on any atom is -0.307 e. The van der Waals surface area contributed by atoms with Crippen LogP contribution in [0.15, 0.2) is 65.7 Å². The van der Waals surface area contributed by atoms with E-state index in [1.807, 2.05) is 0 Å². The summed E-state index contributed by atoms with van der Waals surface area (Å²) in [6.45, 7) is 0. The van der Waals surface area contributed by atoms with Crippen LogP contribution in [0.25, 0.3) is 0 Å². The number of H-pyrrole nitrogens is 1. The normalized spacial score (nSPS) is 11.1. The minimum atomic E-state index is -4.04. The third kappa shape index (κ3) is 3.83. The molecule has 3 aromatic rings. The maximum atomic E-state index is 13.7. The molecule has 0 saturated carbocycles. The van der Waals surface area contributed by atoms with Crippen LogP contribution >= 0.6 is 0 Å². The minimum absolute atomic E-state index is 0.131. The Hall–Kier alpha value is -3.20. The Labute approximate surface area is 142 Å². The summed E-state index contributed by atoms with van der Waals surface area (Å²) >= 11 is 0. The van der Waals surface area contributed by atoms with E-state index in [2.05, 4.69) is 20.2 Å². The molecule has 0 spiro atoms. The van der Waals surface area contributed by atoms with Gasteiger partial charge in [-0.15, -0.1) is 0 Å². The third-order valence-corrected chi connectivity index (χ3v) is 4.64. The van der Waals surface area contributed by atoms with Crippen LogP contribution in [0.4, 0.5) is 15.9 Å². The van der Waals surface area contributed by atoms with Crippen molar-refractivity contribution in [1.29, 1.82) is 0 Å². The highest BCUT2D eigenvalue weighted by atomic mass is 32.2. The fourth-order valence-corrected chi connectivity index (χ4v) is 3.18. The van der Waals surface area contributed by atoms with Gasteiger partial charge in [-0.05, 0) is 30.3 Å². The van der Waals surface area contributed by atoms with Crippen molar-refractivity contribution in [1.82, 2.24) is 10.2 Å². The smallest absolute Gasteiger partial charge is 0.262 e. The molecule has 7 nitrogen and oxygen atoms in total. The second-order valence-corrected chi connectivity index (χ2v) is 6.72. The Morgan fingerprint density at radius 3 is 2.60 bits per heavy atom. The lowest BCUT2D eigenvalue weighted by atomic mass is 10.2. The van der Waals surface area contributed by atoms with E-state index in [1.54, 1.807) is 6.07 Å². The molecule has 1 aromatic heterocycles. The van der Waals surface area contributed by atoms with Crippen molar-refractivity contribution >= 4 is 27.4 Å². The van der Waals surface area contributed by atoms with Crippen molar-refractivity contribution in [2.24, 2.45) is 0 Å². The molecule has 0 aliphatic heterocycles. The summed E-state index contributed by atoms with van der Waals surface area (Å²) in [6, 6.07) is 12.4. The molecule has 0 aliphatic carbocycles. The number of hydrogen-bond donors (Lipinski definition) is 3. The Morgan fingerprint density at radius 2 is 1.88 bits per heavy atom. The zero-order valence-corrected chi connectivity index (χ0v) is 13.5. The van der Waals surface area contributed by atoms with E-state index in [4.69, 9.17) is 0 Å². The van der Waals surface area contributed by atoms with Crippen molar-refractivity contribution in [2.45, 2.75) is 4.90 Å². The first-order valence-electron chi connectivity index (χ1n) is 7.14. The topological polar surface area (TPSA) is 104 Å². The fraction of sp³-hybridized carbons (Fsp3) is 0. The van der Waals surface area contributed by atoms with Crippen LogP contribution in [0.5, 0.6) is 0 Å². The predicted octanol–water partition coefficient (Wildman–Crippen LogP) is 2.60. The summed E-state index contributed by atoms with van der Waals surface area (Å²) in [5, 5.41) is 8.81. The number of nitrogens with zero attached hydrogens (tertiary/aromatic N) is 1. The van der Waals surface area contributed by atoms with Crippen LogP contribution < -0.4 is 10.0 Å². The maximum Gasteiger partial charge on any atom is 0.262 e. The number of rotatable bonds is 5. The maximum absolute atomic E-state index is 13.7. The lowest BCUT2D eigenvalue weighted by Crippen LogP contribution is -2.16. The van der Waals surface area contributed by atoms with Gasteiger partial charge in [-0.3, -0.25) is 14.6 Å². The molecule has 25 heavy (non-hydrogen) atoms. The van der Waals surface area contributed by atoms with Crippen LogP contribution in [-0.4, -0.2) is 24.5 Å². The number of anilines is 2. The van der Waals surface area contributed by atoms with Crippen molar-refractivity contribution in [3.63, 3.8) is 0 Å². The van der Waals surface area contributed by atoms with Crippen molar-refractivity contribution in [3.05, 3.63) is 72.2 Å². The molecule has 1 amide bonds. The van der Waals surface area contributed by atoms with Crippen LogP contribution in [0, 0.1) is 5.82 Å². The van der Waals surface area contributed by atoms with E-state index < -0.39 is 21.7 Å². The molecular formula is C16H13FN4O3S. The zero-order chi connectivity index (χ0) is 17.9. The van der Waals surface area contributed by atoms with Gasteiger partial charge in [-0.2, -0.15) is 5.10 Å². The lowest BCUT2D eigenvalue weighted by Gasteiger charge is -2.10. The first-order chi connectivity index (χ1) is 12.0. The molecule has 0 fully saturated rings. The van der Waals surface area contributed by atoms with Gasteiger partial charge in [0.15, 0.2) is 0 Å². The summed E-state index contributed by atoms with van der Waals surface area (Å²) in [5.41, 5.74) is -0.0409. The van der Waals surface area contributed by atoms with E-state index in [-0.39, 0.29) is 16.1 Å². The first-order valence-corrected chi connectivity index (χ1v) is 8.62. The number of benzene rings is 2. The van der Waals surface area contributed by atoms with Gasteiger partial charge in [-0.1, -0.05) is 18.2 Å². The molecule has 0 saturated heterocycles. The number of aromatic nitrogens is 2. The molecule has 9 heteroatoms. The predicted molar refractivity (Wildman–Crippen MR) is 90.2 cm³/mol. The van der Waals surface area contributed by atoms with Crippen LogP contribution in [0.2, 0.25) is 0 Å². The summed E-state index contributed by atoms with van der Waals surface area (Å²) in [4.78, 5) is 12.0. The molecule has 0 aliphatic rings. The Bertz CT molecular complexity index is 1000. The fourth-order valence-electron chi connectivity index (χ4n) is 2.07. The van der Waals surface area contributed by atoms with Gasteiger partial charge >= 0.3 is 0 Å². The molecule has 0 unspecified atom stereocenters. The Kier molecular flexibility index (Phi) is 4.48. The van der Waals surface area contributed by atoms with Gasteiger partial charge in [0.2, 0.25) is 0 Å². The van der Waals surface area contributed by atoms with Crippen molar-refractivity contribution < 1.29 is 17.6 Å². The quantitative estimate of drug-likeness (QED) is 0.650. The summed E-state index contributed by atoms with van der Waals surface area (Å²) in [6.07, 6.45) is 1.47. The number of aromatic amines is 1. The number of hydrogen-bond acceptors (Lipinski definition) is 4. The van der Waals surface area contributed by atoms with E-state index in [0.717, 1.165) is 6.07 Å². The molecule has 0 bridgehead atoms. The first kappa shape index (κ1) is 16.7. The number of nitrogens with one attached hydrogen (secondary N) is 3. The molecule has 128 valence electrons. The van der Waals surface area contributed by atoms with E-state index in [0.29, 0.717) is 5.82 Å². The SMILES string of the molecule is O=C(Nc1ccn[nH]1)c1cccc(S(=O)(=O)Nc2ccccc2F)c1. The number of carbonyl (C=O) groups excluding carboxylic acids is 1. The molecule has 2 aromatic carbocycles. The standard InChI is InChI=1S/C16H13FN4O3S/c17-13-6-1-2-7-14(13)21-25(23,24)12-5-3-4-11(10-12)16(22)19-15-8-9-18-20-15/h1-10,21H,(H2,18,19,20,22). The Morgan fingerprint density at radius 1 is 1.08 bits per heavy atom. The second kappa shape index (κ2) is 6.73. The van der Waals surface area contributed by atoms with Gasteiger partial charge in [0.1, 0.15) is 11.6 Å². The van der Waals surface area contributed by atoms with E-state index >= 15 is 0 Å². The van der Waals surface area contributed by atoms with Crippen LogP contribution in [-0.2, 0) is 10.0 Å².